The van der Waals surface area contributed by atoms with Crippen molar-refractivity contribution in [3.63, 3.8) is 0 Å². The minimum absolute atomic E-state index is 0.478. The molecule has 1 nitrogen and oxygen atoms in total. The summed E-state index contributed by atoms with van der Waals surface area (Å²) in [6, 6.07) is 2.62. The van der Waals surface area contributed by atoms with Crippen molar-refractivity contribution in [1.82, 2.24) is 0 Å². The molecular formula is C9H10F3NS. The number of alkyl halides is 3. The second-order valence-corrected chi connectivity index (χ2v) is 4.76. The summed E-state index contributed by atoms with van der Waals surface area (Å²) in [5.41, 5.74) is 5.45. The van der Waals surface area contributed by atoms with E-state index in [9.17, 15) is 13.2 Å². The maximum absolute atomic E-state index is 12.3. The smallest absolute Gasteiger partial charge is 0.321 e. The molecule has 0 bridgehead atoms. The first kappa shape index (κ1) is 9.98. The molecule has 1 aromatic rings. The monoisotopic (exact) mass is 221 g/mol. The molecule has 1 aliphatic rings. The van der Waals surface area contributed by atoms with Crippen LogP contribution < -0.4 is 5.73 Å². The van der Waals surface area contributed by atoms with Gasteiger partial charge in [0.1, 0.15) is 4.88 Å². The zero-order valence-corrected chi connectivity index (χ0v) is 8.21. The van der Waals surface area contributed by atoms with Gasteiger partial charge in [-0.15, -0.1) is 11.3 Å². The molecule has 1 aliphatic carbocycles. The van der Waals surface area contributed by atoms with Gasteiger partial charge in [-0.05, 0) is 31.4 Å². The second kappa shape index (κ2) is 2.97. The first-order valence-electron chi connectivity index (χ1n) is 4.38. The third kappa shape index (κ3) is 1.54. The zero-order chi connectivity index (χ0) is 10.4. The first-order valence-corrected chi connectivity index (χ1v) is 5.20. The minimum Gasteiger partial charge on any atom is -0.321 e. The Kier molecular flexibility index (Phi) is 2.12. The summed E-state index contributed by atoms with van der Waals surface area (Å²) in [5.74, 6) is 0. The Balaban J connectivity index is 2.26. The van der Waals surface area contributed by atoms with Crippen LogP contribution in [0.2, 0.25) is 0 Å². The van der Waals surface area contributed by atoms with Gasteiger partial charge in [-0.2, -0.15) is 13.2 Å². The van der Waals surface area contributed by atoms with Crippen LogP contribution in [0.3, 0.4) is 0 Å². The zero-order valence-electron chi connectivity index (χ0n) is 7.40. The number of hydrogen-bond acceptors (Lipinski definition) is 2. The van der Waals surface area contributed by atoms with E-state index in [0.29, 0.717) is 4.88 Å². The molecular weight excluding hydrogens is 211 g/mol. The van der Waals surface area contributed by atoms with Crippen LogP contribution in [-0.4, -0.2) is 0 Å². The molecule has 0 radical (unpaired) electrons. The van der Waals surface area contributed by atoms with Crippen molar-refractivity contribution in [2.45, 2.75) is 31.0 Å². The molecule has 0 saturated heterocycles. The van der Waals surface area contributed by atoms with E-state index in [4.69, 9.17) is 5.73 Å². The summed E-state index contributed by atoms with van der Waals surface area (Å²) in [6.07, 6.45) is -1.63. The van der Waals surface area contributed by atoms with E-state index in [1.807, 2.05) is 0 Å². The molecule has 78 valence electrons. The van der Waals surface area contributed by atoms with Gasteiger partial charge in [0.05, 0.1) is 5.54 Å². The maximum Gasteiger partial charge on any atom is 0.425 e. The van der Waals surface area contributed by atoms with Crippen molar-refractivity contribution in [2.75, 3.05) is 0 Å². The third-order valence-electron chi connectivity index (χ3n) is 2.62. The van der Waals surface area contributed by atoms with Gasteiger partial charge in [0.25, 0.3) is 0 Å². The summed E-state index contributed by atoms with van der Waals surface area (Å²) < 4.78 is 36.8. The summed E-state index contributed by atoms with van der Waals surface area (Å²) in [4.78, 5) is 0.111. The number of halogens is 3. The molecule has 0 spiro atoms. The summed E-state index contributed by atoms with van der Waals surface area (Å²) >= 11 is 0.773. The molecule has 5 heteroatoms. The maximum atomic E-state index is 12.3. The van der Waals surface area contributed by atoms with Gasteiger partial charge in [-0.1, -0.05) is 0 Å². The second-order valence-electron chi connectivity index (χ2n) is 3.67. The number of rotatable bonds is 1. The van der Waals surface area contributed by atoms with Gasteiger partial charge < -0.3 is 5.73 Å². The van der Waals surface area contributed by atoms with Crippen molar-refractivity contribution in [3.05, 3.63) is 21.9 Å². The van der Waals surface area contributed by atoms with Gasteiger partial charge in [-0.25, -0.2) is 0 Å². The fourth-order valence-electron chi connectivity index (χ4n) is 1.56. The van der Waals surface area contributed by atoms with E-state index >= 15 is 0 Å². The first-order chi connectivity index (χ1) is 6.42. The summed E-state index contributed by atoms with van der Waals surface area (Å²) in [5, 5.41) is 0. The predicted molar refractivity (Wildman–Crippen MR) is 49.0 cm³/mol. The summed E-state index contributed by atoms with van der Waals surface area (Å²) in [6.45, 7) is 0. The van der Waals surface area contributed by atoms with Crippen LogP contribution >= 0.6 is 11.3 Å². The molecule has 2 rings (SSSR count). The van der Waals surface area contributed by atoms with Crippen molar-refractivity contribution in [2.24, 2.45) is 5.73 Å². The average molecular weight is 221 g/mol. The molecule has 1 aromatic heterocycles. The van der Waals surface area contributed by atoms with E-state index < -0.39 is 16.6 Å². The highest BCUT2D eigenvalue weighted by Crippen LogP contribution is 2.44. The lowest BCUT2D eigenvalue weighted by atomic mass is 9.77. The normalized spacial score (nSPS) is 20.6. The summed E-state index contributed by atoms with van der Waals surface area (Å²) in [7, 11) is 0. The van der Waals surface area contributed by atoms with Gasteiger partial charge >= 0.3 is 6.18 Å². The highest BCUT2D eigenvalue weighted by Gasteiger charge is 2.39. The quantitative estimate of drug-likeness (QED) is 0.774. The van der Waals surface area contributed by atoms with E-state index in [0.717, 1.165) is 36.7 Å². The van der Waals surface area contributed by atoms with Crippen molar-refractivity contribution >= 4 is 11.3 Å². The van der Waals surface area contributed by atoms with Crippen LogP contribution in [-0.2, 0) is 11.7 Å². The Labute approximate surface area is 83.7 Å². The molecule has 0 atom stereocenters. The SMILES string of the molecule is NC1(c2ccc(C(F)(F)F)s2)CCC1. The third-order valence-corrected chi connectivity index (χ3v) is 3.97. The average Bonchev–Trinajstić information content (AvgIpc) is 2.46. The molecule has 2 N–H and O–H groups in total. The van der Waals surface area contributed by atoms with Crippen LogP contribution in [0.5, 0.6) is 0 Å². The Morgan fingerprint density at radius 1 is 1.29 bits per heavy atom. The number of thiophene rings is 1. The van der Waals surface area contributed by atoms with Crippen molar-refractivity contribution < 1.29 is 13.2 Å². The molecule has 0 unspecified atom stereocenters. The molecule has 1 saturated carbocycles. The Bertz CT molecular complexity index is 338. The van der Waals surface area contributed by atoms with E-state index in [1.165, 1.54) is 6.07 Å². The van der Waals surface area contributed by atoms with Gasteiger partial charge in [0.2, 0.25) is 0 Å². The molecule has 14 heavy (non-hydrogen) atoms. The molecule has 1 fully saturated rings. The van der Waals surface area contributed by atoms with Crippen LogP contribution in [0.4, 0.5) is 13.2 Å². The highest BCUT2D eigenvalue weighted by atomic mass is 32.1. The topological polar surface area (TPSA) is 26.0 Å². The van der Waals surface area contributed by atoms with E-state index in [-0.39, 0.29) is 0 Å². The van der Waals surface area contributed by atoms with Crippen LogP contribution in [0.1, 0.15) is 29.0 Å². The Hall–Kier alpha value is -0.550. The van der Waals surface area contributed by atoms with Crippen molar-refractivity contribution in [3.8, 4) is 0 Å². The van der Waals surface area contributed by atoms with Crippen LogP contribution in [0.25, 0.3) is 0 Å². The lowest BCUT2D eigenvalue weighted by Crippen LogP contribution is -2.42. The lowest BCUT2D eigenvalue weighted by molar-refractivity contribution is -0.134. The van der Waals surface area contributed by atoms with Crippen molar-refractivity contribution in [1.29, 1.82) is 0 Å². The molecule has 0 amide bonds. The van der Waals surface area contributed by atoms with Gasteiger partial charge in [0, 0.05) is 4.88 Å². The fourth-order valence-corrected chi connectivity index (χ4v) is 2.59. The van der Waals surface area contributed by atoms with Crippen LogP contribution in [0.15, 0.2) is 12.1 Å². The Morgan fingerprint density at radius 3 is 2.29 bits per heavy atom. The van der Waals surface area contributed by atoms with E-state index in [2.05, 4.69) is 0 Å². The van der Waals surface area contributed by atoms with Gasteiger partial charge in [-0.3, -0.25) is 0 Å². The molecule has 1 heterocycles. The fraction of sp³-hybridized carbons (Fsp3) is 0.556. The number of nitrogens with two attached hydrogens (primary N) is 1. The largest absolute Gasteiger partial charge is 0.425 e. The highest BCUT2D eigenvalue weighted by molar-refractivity contribution is 7.12. The predicted octanol–water partition coefficient (Wildman–Crippen LogP) is 3.10. The lowest BCUT2D eigenvalue weighted by Gasteiger charge is -2.37. The number of hydrogen-bond donors (Lipinski definition) is 1. The van der Waals surface area contributed by atoms with Crippen LogP contribution in [0, 0.1) is 0 Å². The minimum atomic E-state index is -4.23. The van der Waals surface area contributed by atoms with Gasteiger partial charge in [0.15, 0.2) is 0 Å². The van der Waals surface area contributed by atoms with E-state index in [1.54, 1.807) is 0 Å². The Morgan fingerprint density at radius 2 is 1.93 bits per heavy atom. The standard InChI is InChI=1S/C9H10F3NS/c10-9(11,12)7-3-2-6(14-7)8(13)4-1-5-8/h2-3H,1,4-5,13H2. The molecule has 0 aromatic carbocycles. The molecule has 0 aliphatic heterocycles.